The van der Waals surface area contributed by atoms with Crippen molar-refractivity contribution in [2.24, 2.45) is 5.73 Å². The van der Waals surface area contributed by atoms with E-state index in [1.807, 2.05) is 0 Å². The van der Waals surface area contributed by atoms with Gasteiger partial charge in [-0.3, -0.25) is 0 Å². The second-order valence-electron chi connectivity index (χ2n) is 4.73. The van der Waals surface area contributed by atoms with E-state index in [1.54, 1.807) is 7.11 Å². The first-order valence-corrected chi connectivity index (χ1v) is 7.96. The summed E-state index contributed by atoms with van der Waals surface area (Å²) >= 11 is 5.80. The summed E-state index contributed by atoms with van der Waals surface area (Å²) in [5, 5.41) is 0.135. The van der Waals surface area contributed by atoms with E-state index in [-0.39, 0.29) is 29.3 Å². The second kappa shape index (κ2) is 5.95. The van der Waals surface area contributed by atoms with Crippen LogP contribution in [0.15, 0.2) is 17.0 Å². The molecule has 0 radical (unpaired) electrons. The van der Waals surface area contributed by atoms with Gasteiger partial charge in [0.05, 0.1) is 6.10 Å². The summed E-state index contributed by atoms with van der Waals surface area (Å²) in [6, 6.07) is 2.16. The Bertz CT molecular complexity index is 603. The number of benzene rings is 1. The molecule has 0 heterocycles. The van der Waals surface area contributed by atoms with Crippen LogP contribution in [0.2, 0.25) is 5.02 Å². The van der Waals surface area contributed by atoms with E-state index >= 15 is 0 Å². The van der Waals surface area contributed by atoms with Crippen molar-refractivity contribution in [3.05, 3.63) is 28.5 Å². The minimum Gasteiger partial charge on any atom is -0.381 e. The molecule has 0 bridgehead atoms. The molecule has 0 unspecified atom stereocenters. The van der Waals surface area contributed by atoms with Crippen molar-refractivity contribution < 1.29 is 17.5 Å². The first kappa shape index (κ1) is 15.7. The fourth-order valence-electron chi connectivity index (χ4n) is 2.10. The molecule has 2 rings (SSSR count). The average molecular weight is 323 g/mol. The van der Waals surface area contributed by atoms with Gasteiger partial charge in [0.25, 0.3) is 0 Å². The molecule has 1 aromatic carbocycles. The predicted octanol–water partition coefficient (Wildman–Crippen LogP) is 1.39. The smallest absolute Gasteiger partial charge is 0.243 e. The summed E-state index contributed by atoms with van der Waals surface area (Å²) in [5.74, 6) is -0.855. The van der Waals surface area contributed by atoms with Crippen molar-refractivity contribution >= 4 is 21.6 Å². The van der Waals surface area contributed by atoms with Crippen molar-refractivity contribution in [1.29, 1.82) is 0 Å². The van der Waals surface area contributed by atoms with Gasteiger partial charge in [-0.15, -0.1) is 0 Å². The fraction of sp³-hybridized carbons (Fsp3) is 0.500. The zero-order valence-electron chi connectivity index (χ0n) is 10.9. The first-order chi connectivity index (χ1) is 9.37. The molecule has 112 valence electrons. The number of sulfonamides is 1. The van der Waals surface area contributed by atoms with Crippen LogP contribution in [0.25, 0.3) is 0 Å². The highest BCUT2D eigenvalue weighted by Gasteiger charge is 2.34. The quantitative estimate of drug-likeness (QED) is 0.858. The van der Waals surface area contributed by atoms with Crippen LogP contribution >= 0.6 is 11.6 Å². The Morgan fingerprint density at radius 2 is 2.15 bits per heavy atom. The van der Waals surface area contributed by atoms with Crippen molar-refractivity contribution in [1.82, 2.24) is 4.72 Å². The van der Waals surface area contributed by atoms with Crippen LogP contribution in [0.5, 0.6) is 0 Å². The third-order valence-corrected chi connectivity index (χ3v) is 5.08. The molecule has 1 fully saturated rings. The van der Waals surface area contributed by atoms with E-state index in [0.717, 1.165) is 6.07 Å². The second-order valence-corrected chi connectivity index (χ2v) is 6.85. The maximum Gasteiger partial charge on any atom is 0.243 e. The summed E-state index contributed by atoms with van der Waals surface area (Å²) in [6.07, 6.45) is 1.19. The Labute approximate surface area is 122 Å². The van der Waals surface area contributed by atoms with Crippen molar-refractivity contribution in [2.45, 2.75) is 36.4 Å². The number of hydrogen-bond donors (Lipinski definition) is 2. The van der Waals surface area contributed by atoms with Gasteiger partial charge in [-0.1, -0.05) is 11.6 Å². The third kappa shape index (κ3) is 3.12. The molecule has 1 aromatic rings. The molecule has 1 aliphatic rings. The van der Waals surface area contributed by atoms with Crippen molar-refractivity contribution in [3.63, 3.8) is 0 Å². The lowest BCUT2D eigenvalue weighted by atomic mass is 9.90. The molecular weight excluding hydrogens is 307 g/mol. The molecule has 0 atom stereocenters. The van der Waals surface area contributed by atoms with Gasteiger partial charge in [-0.05, 0) is 25.0 Å². The van der Waals surface area contributed by atoms with Gasteiger partial charge in [0.15, 0.2) is 0 Å². The number of hydrogen-bond acceptors (Lipinski definition) is 4. The minimum absolute atomic E-state index is 0.0477. The number of ether oxygens (including phenoxy) is 1. The van der Waals surface area contributed by atoms with E-state index in [4.69, 9.17) is 22.1 Å². The van der Waals surface area contributed by atoms with E-state index in [1.165, 1.54) is 6.07 Å². The molecule has 3 N–H and O–H groups in total. The van der Waals surface area contributed by atoms with Crippen molar-refractivity contribution in [2.75, 3.05) is 7.11 Å². The van der Waals surface area contributed by atoms with Crippen molar-refractivity contribution in [3.8, 4) is 0 Å². The molecule has 0 aliphatic heterocycles. The third-order valence-electron chi connectivity index (χ3n) is 3.34. The van der Waals surface area contributed by atoms with Gasteiger partial charge in [0.2, 0.25) is 10.0 Å². The highest BCUT2D eigenvalue weighted by Crippen LogP contribution is 2.27. The Hall–Kier alpha value is -0.730. The van der Waals surface area contributed by atoms with E-state index < -0.39 is 20.7 Å². The van der Waals surface area contributed by atoms with Crippen LogP contribution < -0.4 is 10.5 Å². The Balaban J connectivity index is 2.24. The minimum atomic E-state index is -3.96. The molecule has 5 nitrogen and oxygen atoms in total. The topological polar surface area (TPSA) is 81.4 Å². The van der Waals surface area contributed by atoms with Gasteiger partial charge in [-0.25, -0.2) is 17.5 Å². The maximum atomic E-state index is 14.1. The highest BCUT2D eigenvalue weighted by molar-refractivity contribution is 7.89. The number of methoxy groups -OCH3 is 1. The number of nitrogens with one attached hydrogen (secondary N) is 1. The van der Waals surface area contributed by atoms with Gasteiger partial charge >= 0.3 is 0 Å². The van der Waals surface area contributed by atoms with Gasteiger partial charge in [0.1, 0.15) is 10.7 Å². The van der Waals surface area contributed by atoms with Gasteiger partial charge in [-0.2, -0.15) is 0 Å². The van der Waals surface area contributed by atoms with Crippen LogP contribution in [0.1, 0.15) is 18.4 Å². The first-order valence-electron chi connectivity index (χ1n) is 6.10. The molecule has 20 heavy (non-hydrogen) atoms. The Kier molecular flexibility index (Phi) is 4.66. The molecule has 1 saturated carbocycles. The molecule has 0 spiro atoms. The summed E-state index contributed by atoms with van der Waals surface area (Å²) in [4.78, 5) is -0.466. The molecule has 8 heteroatoms. The predicted molar refractivity (Wildman–Crippen MR) is 73.4 cm³/mol. The normalized spacial score (nSPS) is 22.6. The zero-order chi connectivity index (χ0) is 14.9. The van der Waals surface area contributed by atoms with Gasteiger partial charge < -0.3 is 10.5 Å². The number of nitrogens with two attached hydrogens (primary N) is 1. The fourth-order valence-corrected chi connectivity index (χ4v) is 3.81. The largest absolute Gasteiger partial charge is 0.381 e. The molecular formula is C12H16ClFN2O3S. The van der Waals surface area contributed by atoms with Crippen LogP contribution in [0.4, 0.5) is 4.39 Å². The molecule has 0 aromatic heterocycles. The van der Waals surface area contributed by atoms with Crippen LogP contribution in [0.3, 0.4) is 0 Å². The monoisotopic (exact) mass is 322 g/mol. The van der Waals surface area contributed by atoms with Crippen LogP contribution in [-0.2, 0) is 21.3 Å². The van der Waals surface area contributed by atoms with E-state index in [2.05, 4.69) is 4.72 Å². The van der Waals surface area contributed by atoms with Crippen LogP contribution in [0, 0.1) is 5.82 Å². The summed E-state index contributed by atoms with van der Waals surface area (Å²) in [6.45, 7) is -0.121. The lowest BCUT2D eigenvalue weighted by molar-refractivity contribution is 0.0236. The number of rotatable bonds is 5. The lowest BCUT2D eigenvalue weighted by Crippen LogP contribution is -2.47. The highest BCUT2D eigenvalue weighted by atomic mass is 35.5. The molecule has 1 aliphatic carbocycles. The van der Waals surface area contributed by atoms with Crippen LogP contribution in [-0.4, -0.2) is 27.7 Å². The summed E-state index contributed by atoms with van der Waals surface area (Å²) < 4.78 is 46.0. The SMILES string of the molecule is COC1CC(NS(=O)(=O)c2cc(Cl)cc(CN)c2F)C1. The standard InChI is InChI=1S/C12H16ClFN2O3S/c1-19-10-4-9(5-10)16-20(17,18)11-3-8(13)2-7(6-15)12(11)14/h2-3,9-10,16H,4-6,15H2,1H3. The molecule has 0 amide bonds. The summed E-state index contributed by atoms with van der Waals surface area (Å²) in [7, 11) is -2.39. The summed E-state index contributed by atoms with van der Waals surface area (Å²) in [5.41, 5.74) is 5.45. The Morgan fingerprint density at radius 1 is 1.50 bits per heavy atom. The maximum absolute atomic E-state index is 14.1. The molecule has 0 saturated heterocycles. The van der Waals surface area contributed by atoms with Gasteiger partial charge in [0, 0.05) is 30.3 Å². The Morgan fingerprint density at radius 3 is 2.70 bits per heavy atom. The average Bonchev–Trinajstić information content (AvgIpc) is 2.35. The van der Waals surface area contributed by atoms with E-state index in [0.29, 0.717) is 12.8 Å². The zero-order valence-corrected chi connectivity index (χ0v) is 12.5. The lowest BCUT2D eigenvalue weighted by Gasteiger charge is -2.34. The van der Waals surface area contributed by atoms with E-state index in [9.17, 15) is 12.8 Å². The number of halogens is 2.